The molecule has 0 radical (unpaired) electrons. The Balaban J connectivity index is 3.93. The Labute approximate surface area is 376 Å². The van der Waals surface area contributed by atoms with Crippen molar-refractivity contribution in [2.45, 2.75) is 232 Å². The maximum Gasteiger partial charge on any atom is 0.472 e. The minimum Gasteiger partial charge on any atom is -0.457 e. The van der Waals surface area contributed by atoms with Crippen LogP contribution in [0.25, 0.3) is 0 Å². The van der Waals surface area contributed by atoms with Crippen LogP contribution in [0.15, 0.2) is 60.8 Å². The smallest absolute Gasteiger partial charge is 0.457 e. The Morgan fingerprint density at radius 2 is 0.918 bits per heavy atom. The third-order valence-corrected chi connectivity index (χ3v) is 11.7. The minimum absolute atomic E-state index is 0.0968. The zero-order valence-corrected chi connectivity index (χ0v) is 40.5. The van der Waals surface area contributed by atoms with Crippen LogP contribution in [0, 0.1) is 0 Å². The molecule has 0 aromatic rings. The molecule has 0 aliphatic heterocycles. The van der Waals surface area contributed by atoms with E-state index in [1.807, 2.05) is 0 Å². The highest BCUT2D eigenvalue weighted by Gasteiger charge is 2.25. The lowest BCUT2D eigenvalue weighted by Crippen LogP contribution is -2.28. The lowest BCUT2D eigenvalue weighted by molar-refractivity contribution is -0.154. The molecule has 0 rings (SSSR count). The first-order valence-corrected chi connectivity index (χ1v) is 26.8. The average molecular weight is 878 g/mol. The fourth-order valence-electron chi connectivity index (χ4n) is 7.02. The van der Waals surface area contributed by atoms with Gasteiger partial charge in [0.05, 0.1) is 19.8 Å². The molecular formula is C52H96NO7P. The number of unbranched alkanes of at least 4 members (excludes halogenated alkanes) is 25. The summed E-state index contributed by atoms with van der Waals surface area (Å²) >= 11 is 0. The van der Waals surface area contributed by atoms with Crippen LogP contribution in [0.4, 0.5) is 0 Å². The first-order valence-electron chi connectivity index (χ1n) is 25.3. The summed E-state index contributed by atoms with van der Waals surface area (Å²) in [5.74, 6) is -0.330. The van der Waals surface area contributed by atoms with Crippen molar-refractivity contribution in [1.82, 2.24) is 0 Å². The molecule has 0 aliphatic carbocycles. The third-order valence-electron chi connectivity index (χ3n) is 10.7. The Morgan fingerprint density at radius 1 is 0.508 bits per heavy atom. The number of esters is 1. The van der Waals surface area contributed by atoms with Gasteiger partial charge < -0.3 is 20.1 Å². The number of allylic oxidation sites excluding steroid dienone is 10. The van der Waals surface area contributed by atoms with Gasteiger partial charge in [-0.2, -0.15) is 0 Å². The second-order valence-electron chi connectivity index (χ2n) is 16.7. The predicted molar refractivity (Wildman–Crippen MR) is 261 cm³/mol. The summed E-state index contributed by atoms with van der Waals surface area (Å²) in [6.45, 7) is 4.82. The number of carbonyl (C=O) groups excluding carboxylic acids is 1. The fourth-order valence-corrected chi connectivity index (χ4v) is 7.79. The van der Waals surface area contributed by atoms with Gasteiger partial charge in [-0.25, -0.2) is 4.57 Å². The van der Waals surface area contributed by atoms with Crippen molar-refractivity contribution >= 4 is 13.8 Å². The van der Waals surface area contributed by atoms with E-state index in [0.29, 0.717) is 13.0 Å². The average Bonchev–Trinajstić information content (AvgIpc) is 3.25. The number of hydrogen-bond donors (Lipinski definition) is 2. The highest BCUT2D eigenvalue weighted by Crippen LogP contribution is 2.43. The lowest BCUT2D eigenvalue weighted by Gasteiger charge is -2.20. The van der Waals surface area contributed by atoms with Gasteiger partial charge in [0.15, 0.2) is 0 Å². The molecule has 0 heterocycles. The number of phosphoric acid groups is 1. The Hall–Kier alpha value is -1.80. The summed E-state index contributed by atoms with van der Waals surface area (Å²) in [4.78, 5) is 22.6. The van der Waals surface area contributed by atoms with Crippen LogP contribution < -0.4 is 5.73 Å². The topological polar surface area (TPSA) is 117 Å². The van der Waals surface area contributed by atoms with E-state index in [1.54, 1.807) is 0 Å². The van der Waals surface area contributed by atoms with Crippen LogP contribution >= 0.6 is 7.82 Å². The van der Waals surface area contributed by atoms with E-state index in [2.05, 4.69) is 74.6 Å². The zero-order chi connectivity index (χ0) is 44.4. The standard InChI is InChI=1S/C52H96NO7P/c1-3-5-7-9-11-13-15-17-19-21-22-23-24-25-26-27-28-29-30-32-34-36-38-40-42-44-47-57-49-51(50-59-61(55,56)58-48-46-53)60-52(54)45-43-41-39-37-35-33-31-20-18-16-14-12-10-8-6-4-2/h5,7,11,13,17,19,22-23,25-26,51H,3-4,6,8-10,12,14-16,18,20-21,24,27-50,53H2,1-2H3,(H,55,56)/b7-5-,13-11-,19-17-,23-22-,26-25-. The van der Waals surface area contributed by atoms with Crippen LogP contribution in [0.3, 0.4) is 0 Å². The number of nitrogens with two attached hydrogens (primary N) is 1. The van der Waals surface area contributed by atoms with Crippen molar-refractivity contribution in [2.75, 3.05) is 33.0 Å². The van der Waals surface area contributed by atoms with Crippen LogP contribution in [0.2, 0.25) is 0 Å². The van der Waals surface area contributed by atoms with Gasteiger partial charge >= 0.3 is 13.8 Å². The summed E-state index contributed by atoms with van der Waals surface area (Å²) in [5, 5.41) is 0. The first kappa shape index (κ1) is 59.2. The molecule has 2 atom stereocenters. The molecule has 2 unspecified atom stereocenters. The summed E-state index contributed by atoms with van der Waals surface area (Å²) in [6.07, 6.45) is 61.1. The number of rotatable bonds is 48. The Morgan fingerprint density at radius 3 is 1.38 bits per heavy atom. The van der Waals surface area contributed by atoms with Gasteiger partial charge in [-0.3, -0.25) is 13.8 Å². The first-order chi connectivity index (χ1) is 29.9. The summed E-state index contributed by atoms with van der Waals surface area (Å²) in [5.41, 5.74) is 5.39. The second kappa shape index (κ2) is 49.2. The van der Waals surface area contributed by atoms with Gasteiger partial charge in [0, 0.05) is 19.6 Å². The van der Waals surface area contributed by atoms with Crippen molar-refractivity contribution in [2.24, 2.45) is 5.73 Å². The van der Waals surface area contributed by atoms with E-state index in [1.165, 1.54) is 141 Å². The van der Waals surface area contributed by atoms with Crippen LogP contribution in [0.1, 0.15) is 226 Å². The maximum atomic E-state index is 12.6. The largest absolute Gasteiger partial charge is 0.472 e. The minimum atomic E-state index is -4.28. The van der Waals surface area contributed by atoms with Crippen molar-refractivity contribution < 1.29 is 32.8 Å². The van der Waals surface area contributed by atoms with Crippen molar-refractivity contribution in [3.63, 3.8) is 0 Å². The molecular weight excluding hydrogens is 782 g/mol. The molecule has 0 saturated carbocycles. The van der Waals surface area contributed by atoms with Crippen molar-refractivity contribution in [1.29, 1.82) is 0 Å². The molecule has 3 N–H and O–H groups in total. The molecule has 0 spiro atoms. The van der Waals surface area contributed by atoms with Gasteiger partial charge in [0.25, 0.3) is 0 Å². The Bertz CT molecular complexity index is 1120. The van der Waals surface area contributed by atoms with Crippen molar-refractivity contribution in [3.8, 4) is 0 Å². The van der Waals surface area contributed by atoms with Crippen molar-refractivity contribution in [3.05, 3.63) is 60.8 Å². The van der Waals surface area contributed by atoms with Gasteiger partial charge in [0.2, 0.25) is 0 Å². The number of phosphoric ester groups is 1. The summed E-state index contributed by atoms with van der Waals surface area (Å²) < 4.78 is 33.6. The molecule has 0 amide bonds. The van der Waals surface area contributed by atoms with E-state index in [0.717, 1.165) is 64.2 Å². The van der Waals surface area contributed by atoms with Gasteiger partial charge in [-0.05, 0) is 57.8 Å². The normalized spacial score (nSPS) is 13.8. The monoisotopic (exact) mass is 878 g/mol. The molecule has 0 aromatic heterocycles. The Kier molecular flexibility index (Phi) is 47.8. The van der Waals surface area contributed by atoms with Gasteiger partial charge in [-0.1, -0.05) is 222 Å². The zero-order valence-electron chi connectivity index (χ0n) is 39.6. The lowest BCUT2D eigenvalue weighted by atomic mass is 10.0. The molecule has 8 nitrogen and oxygen atoms in total. The predicted octanol–water partition coefficient (Wildman–Crippen LogP) is 15.7. The van der Waals surface area contributed by atoms with E-state index in [4.69, 9.17) is 24.3 Å². The SMILES string of the molecule is CC/C=C\C/C=C\C/C=C\C/C=C\C/C=C\CCCCCCCCCCCCOCC(COP(=O)(O)OCCN)OC(=O)CCCCCCCCCCCCCCCCCC. The molecule has 61 heavy (non-hydrogen) atoms. The molecule has 0 aliphatic rings. The number of carbonyl (C=O) groups is 1. The molecule has 0 saturated heterocycles. The van der Waals surface area contributed by atoms with Gasteiger partial charge in [0.1, 0.15) is 6.10 Å². The molecule has 0 bridgehead atoms. The highest BCUT2D eigenvalue weighted by atomic mass is 31.2. The number of hydrogen-bond acceptors (Lipinski definition) is 7. The quantitative estimate of drug-likeness (QED) is 0.0269. The maximum absolute atomic E-state index is 12.6. The summed E-state index contributed by atoms with van der Waals surface area (Å²) in [7, 11) is -4.28. The van der Waals surface area contributed by atoms with Crippen LogP contribution in [-0.4, -0.2) is 49.9 Å². The molecule has 0 fully saturated rings. The van der Waals surface area contributed by atoms with Crippen LogP contribution in [-0.2, 0) is 27.9 Å². The summed E-state index contributed by atoms with van der Waals surface area (Å²) in [6, 6.07) is 0. The van der Waals surface area contributed by atoms with E-state index >= 15 is 0 Å². The van der Waals surface area contributed by atoms with Crippen LogP contribution in [0.5, 0.6) is 0 Å². The van der Waals surface area contributed by atoms with Gasteiger partial charge in [-0.15, -0.1) is 0 Å². The van der Waals surface area contributed by atoms with E-state index in [9.17, 15) is 14.3 Å². The second-order valence-corrected chi connectivity index (χ2v) is 18.1. The molecule has 0 aromatic carbocycles. The fraction of sp³-hybridized carbons (Fsp3) is 0.788. The van der Waals surface area contributed by atoms with E-state index < -0.39 is 13.9 Å². The highest BCUT2D eigenvalue weighted by molar-refractivity contribution is 7.47. The number of ether oxygens (including phenoxy) is 2. The van der Waals surface area contributed by atoms with E-state index in [-0.39, 0.29) is 32.3 Å². The molecule has 356 valence electrons. The molecule has 9 heteroatoms. The third kappa shape index (κ3) is 49.1.